The van der Waals surface area contributed by atoms with Crippen LogP contribution >= 0.6 is 11.6 Å². The van der Waals surface area contributed by atoms with Crippen LogP contribution in [0.5, 0.6) is 0 Å². The second-order valence-corrected chi connectivity index (χ2v) is 1.95. The van der Waals surface area contributed by atoms with Crippen LogP contribution in [-0.4, -0.2) is 0 Å². The van der Waals surface area contributed by atoms with Crippen molar-refractivity contribution in [2.75, 3.05) is 0 Å². The van der Waals surface area contributed by atoms with Crippen LogP contribution in [0.3, 0.4) is 0 Å². The molecule has 0 aromatic heterocycles. The van der Waals surface area contributed by atoms with E-state index < -0.39 is 0 Å². The molecule has 1 radical (unpaired) electrons. The van der Waals surface area contributed by atoms with Gasteiger partial charge in [0, 0.05) is 37.7 Å². The van der Waals surface area contributed by atoms with E-state index in [-0.39, 0.29) is 32.7 Å². The predicted octanol–water partition coefficient (Wildman–Crippen LogP) is 3.02. The molecule has 9 heavy (non-hydrogen) atoms. The zero-order chi connectivity index (χ0) is 5.98. The Kier molecular flexibility index (Phi) is 4.46. The van der Waals surface area contributed by atoms with E-state index >= 15 is 0 Å². The molecule has 1 N–H and O–H groups in total. The summed E-state index contributed by atoms with van der Waals surface area (Å²) in [4.78, 5) is 0. The average molecular weight is 215 g/mol. The standard InChI is InChI=1S/C6H5ClN.Y/c7-5-2-1-3-6(8)4-5;/h1-4,8H;/q-1;. The van der Waals surface area contributed by atoms with E-state index in [2.05, 4.69) is 0 Å². The summed E-state index contributed by atoms with van der Waals surface area (Å²) in [6.45, 7) is 0. The molecule has 1 aromatic rings. The summed E-state index contributed by atoms with van der Waals surface area (Å²) in [6.07, 6.45) is 0. The van der Waals surface area contributed by atoms with Crippen LogP contribution in [0.25, 0.3) is 5.73 Å². The zero-order valence-corrected chi connectivity index (χ0v) is 8.36. The van der Waals surface area contributed by atoms with Crippen molar-refractivity contribution in [3.05, 3.63) is 35.0 Å². The maximum atomic E-state index is 7.05. The molecule has 0 saturated heterocycles. The molecule has 0 aliphatic rings. The quantitative estimate of drug-likeness (QED) is 0.635. The summed E-state index contributed by atoms with van der Waals surface area (Å²) in [5.41, 5.74) is 7.51. The zero-order valence-electron chi connectivity index (χ0n) is 4.76. The molecule has 0 aliphatic heterocycles. The van der Waals surface area contributed by atoms with Gasteiger partial charge in [0.2, 0.25) is 0 Å². The third kappa shape index (κ3) is 3.19. The average Bonchev–Trinajstić information content (AvgIpc) is 1.64. The maximum Gasteiger partial charge on any atom is 0.0393 e. The van der Waals surface area contributed by atoms with Gasteiger partial charge in [0.05, 0.1) is 0 Å². The normalized spacial score (nSPS) is 8.11. The molecule has 0 fully saturated rings. The van der Waals surface area contributed by atoms with Crippen molar-refractivity contribution in [2.24, 2.45) is 0 Å². The van der Waals surface area contributed by atoms with Crippen LogP contribution in [0.15, 0.2) is 24.3 Å². The van der Waals surface area contributed by atoms with Gasteiger partial charge >= 0.3 is 0 Å². The Hall–Kier alpha value is 0.414. The molecule has 0 bridgehead atoms. The fraction of sp³-hybridized carbons (Fsp3) is 0. The smallest absolute Gasteiger partial charge is 0.0393 e. The minimum atomic E-state index is 0. The van der Waals surface area contributed by atoms with Crippen LogP contribution in [0.4, 0.5) is 5.69 Å². The largest absolute Gasteiger partial charge is 0.699 e. The van der Waals surface area contributed by atoms with Gasteiger partial charge in [-0.05, 0) is 6.07 Å². The van der Waals surface area contributed by atoms with Gasteiger partial charge in [-0.1, -0.05) is 29.8 Å². The van der Waals surface area contributed by atoms with E-state index in [1.54, 1.807) is 24.3 Å². The van der Waals surface area contributed by atoms with E-state index in [1.165, 1.54) is 0 Å². The predicted molar refractivity (Wildman–Crippen MR) is 35.4 cm³/mol. The second kappa shape index (κ2) is 4.26. The van der Waals surface area contributed by atoms with E-state index in [1.807, 2.05) is 0 Å². The molecule has 3 heteroatoms. The summed E-state index contributed by atoms with van der Waals surface area (Å²) >= 11 is 5.52. The van der Waals surface area contributed by atoms with Gasteiger partial charge < -0.3 is 5.73 Å². The van der Waals surface area contributed by atoms with Crippen molar-refractivity contribution in [3.8, 4) is 0 Å². The number of halogens is 1. The summed E-state index contributed by atoms with van der Waals surface area (Å²) in [5.74, 6) is 0. The Balaban J connectivity index is 0.000000640. The first kappa shape index (κ1) is 9.41. The molecule has 0 spiro atoms. The van der Waals surface area contributed by atoms with Crippen LogP contribution in [0.2, 0.25) is 5.02 Å². The molecule has 1 aromatic carbocycles. The van der Waals surface area contributed by atoms with E-state index in [0.29, 0.717) is 10.7 Å². The van der Waals surface area contributed by atoms with Crippen LogP contribution in [0.1, 0.15) is 0 Å². The molecular formula is C6H5ClNY-. The van der Waals surface area contributed by atoms with E-state index in [4.69, 9.17) is 17.3 Å². The molecule has 1 rings (SSSR count). The fourth-order valence-corrected chi connectivity index (χ4v) is 0.679. The molecule has 1 nitrogen and oxygen atoms in total. The van der Waals surface area contributed by atoms with Crippen LogP contribution in [0, 0.1) is 0 Å². The second-order valence-electron chi connectivity index (χ2n) is 1.51. The van der Waals surface area contributed by atoms with Crippen molar-refractivity contribution in [3.63, 3.8) is 0 Å². The topological polar surface area (TPSA) is 23.8 Å². The maximum absolute atomic E-state index is 7.05. The Morgan fingerprint density at radius 2 is 2.00 bits per heavy atom. The summed E-state index contributed by atoms with van der Waals surface area (Å²) in [7, 11) is 0. The first-order valence-electron chi connectivity index (χ1n) is 2.26. The molecular weight excluding hydrogens is 210 g/mol. The van der Waals surface area contributed by atoms with Gasteiger partial charge in [0.1, 0.15) is 0 Å². The Labute approximate surface area is 84.5 Å². The van der Waals surface area contributed by atoms with Gasteiger partial charge in [-0.25, -0.2) is 0 Å². The van der Waals surface area contributed by atoms with Crippen molar-refractivity contribution in [2.45, 2.75) is 0 Å². The van der Waals surface area contributed by atoms with Gasteiger partial charge in [-0.15, -0.1) is 5.69 Å². The first-order chi connectivity index (χ1) is 3.79. The SMILES string of the molecule is [NH-]c1cccc(Cl)c1.[Y]. The van der Waals surface area contributed by atoms with Crippen molar-refractivity contribution >= 4 is 17.3 Å². The summed E-state index contributed by atoms with van der Waals surface area (Å²) in [5, 5.41) is 0.623. The number of benzene rings is 1. The molecule has 45 valence electrons. The van der Waals surface area contributed by atoms with Gasteiger partial charge in [0.25, 0.3) is 0 Å². The molecule has 0 amide bonds. The fourth-order valence-electron chi connectivity index (χ4n) is 0.488. The summed E-state index contributed by atoms with van der Waals surface area (Å²) < 4.78 is 0. The summed E-state index contributed by atoms with van der Waals surface area (Å²) in [6, 6.07) is 6.79. The van der Waals surface area contributed by atoms with Gasteiger partial charge in [0.15, 0.2) is 0 Å². The molecule has 0 unspecified atom stereocenters. The van der Waals surface area contributed by atoms with Crippen molar-refractivity contribution in [1.29, 1.82) is 0 Å². The third-order valence-electron chi connectivity index (χ3n) is 0.825. The van der Waals surface area contributed by atoms with Crippen LogP contribution in [-0.2, 0) is 32.7 Å². The minimum absolute atomic E-state index is 0. The number of hydrogen-bond donors (Lipinski definition) is 0. The Bertz CT molecular complexity index is 173. The number of rotatable bonds is 0. The number of hydrogen-bond acceptors (Lipinski definition) is 0. The minimum Gasteiger partial charge on any atom is -0.699 e. The van der Waals surface area contributed by atoms with E-state index in [9.17, 15) is 0 Å². The monoisotopic (exact) mass is 215 g/mol. The molecule has 0 atom stereocenters. The van der Waals surface area contributed by atoms with Gasteiger partial charge in [-0.3, -0.25) is 0 Å². The third-order valence-corrected chi connectivity index (χ3v) is 1.06. The first-order valence-corrected chi connectivity index (χ1v) is 2.64. The van der Waals surface area contributed by atoms with Crippen LogP contribution < -0.4 is 0 Å². The van der Waals surface area contributed by atoms with Crippen molar-refractivity contribution < 1.29 is 32.7 Å². The Morgan fingerprint density at radius 3 is 2.33 bits per heavy atom. The molecule has 0 heterocycles. The van der Waals surface area contributed by atoms with Gasteiger partial charge in [-0.2, -0.15) is 0 Å². The number of nitrogens with one attached hydrogen (secondary N) is 1. The van der Waals surface area contributed by atoms with E-state index in [0.717, 1.165) is 0 Å². The van der Waals surface area contributed by atoms with Crippen molar-refractivity contribution in [1.82, 2.24) is 0 Å². The Morgan fingerprint density at radius 1 is 1.33 bits per heavy atom. The molecule has 0 aliphatic carbocycles. The molecule has 0 saturated carbocycles.